The Morgan fingerprint density at radius 2 is 1.81 bits per heavy atom. The third-order valence-electron chi connectivity index (χ3n) is 4.96. The van der Waals surface area contributed by atoms with Crippen molar-refractivity contribution in [2.45, 2.75) is 22.8 Å². The highest BCUT2D eigenvalue weighted by Crippen LogP contribution is 2.36. The van der Waals surface area contributed by atoms with Crippen LogP contribution in [0.25, 0.3) is 0 Å². The number of ether oxygens (including phenoxy) is 3. The standard InChI is InChI=1S/C23H24N2O6S/c1-29-14-20-21(24)16(11-15-5-4-10-25-13-15)12-19(23(26)31-3)22(20)32(27,28)18-8-6-17(30-2)7-9-18/h4-10,12-13H,11,14,24H2,1-3H3. The maximum atomic E-state index is 13.6. The van der Waals surface area contributed by atoms with Crippen molar-refractivity contribution in [3.05, 3.63) is 77.1 Å². The van der Waals surface area contributed by atoms with Crippen LogP contribution >= 0.6 is 0 Å². The maximum Gasteiger partial charge on any atom is 0.339 e. The fourth-order valence-corrected chi connectivity index (χ4v) is 5.05. The van der Waals surface area contributed by atoms with E-state index in [9.17, 15) is 13.2 Å². The lowest BCUT2D eigenvalue weighted by molar-refractivity contribution is 0.0595. The molecule has 3 rings (SSSR count). The lowest BCUT2D eigenvalue weighted by Gasteiger charge is -2.19. The number of pyridine rings is 1. The number of hydrogen-bond donors (Lipinski definition) is 1. The fraction of sp³-hybridized carbons (Fsp3) is 0.217. The van der Waals surface area contributed by atoms with E-state index in [1.165, 1.54) is 51.7 Å². The molecule has 1 heterocycles. The van der Waals surface area contributed by atoms with Gasteiger partial charge < -0.3 is 19.9 Å². The molecule has 0 aliphatic rings. The zero-order chi connectivity index (χ0) is 23.3. The molecule has 0 saturated heterocycles. The second kappa shape index (κ2) is 9.80. The fourth-order valence-electron chi connectivity index (χ4n) is 3.39. The van der Waals surface area contributed by atoms with Gasteiger partial charge in [0.05, 0.1) is 36.2 Å². The van der Waals surface area contributed by atoms with Crippen LogP contribution in [-0.2, 0) is 32.3 Å². The van der Waals surface area contributed by atoms with Crippen LogP contribution in [0, 0.1) is 0 Å². The Hall–Kier alpha value is -3.43. The van der Waals surface area contributed by atoms with E-state index in [2.05, 4.69) is 4.98 Å². The third-order valence-corrected chi connectivity index (χ3v) is 6.85. The molecule has 0 amide bonds. The first-order valence-electron chi connectivity index (χ1n) is 9.63. The van der Waals surface area contributed by atoms with Gasteiger partial charge in [-0.15, -0.1) is 0 Å². The minimum atomic E-state index is -4.14. The van der Waals surface area contributed by atoms with E-state index in [0.29, 0.717) is 17.7 Å². The summed E-state index contributed by atoms with van der Waals surface area (Å²) in [5, 5.41) is 0. The number of carbonyl (C=O) groups excluding carboxylic acids is 1. The second-order valence-corrected chi connectivity index (χ2v) is 8.83. The van der Waals surface area contributed by atoms with Crippen LogP contribution in [0.5, 0.6) is 5.75 Å². The number of rotatable bonds is 8. The predicted octanol–water partition coefficient (Wildman–Crippen LogP) is 3.03. The Bertz CT molecular complexity index is 1210. The number of nitrogen functional groups attached to an aromatic ring is 1. The van der Waals surface area contributed by atoms with Crippen LogP contribution in [-0.4, -0.2) is 40.7 Å². The van der Waals surface area contributed by atoms with Crippen LogP contribution in [0.15, 0.2) is 64.6 Å². The van der Waals surface area contributed by atoms with Gasteiger partial charge in [0.1, 0.15) is 5.75 Å². The predicted molar refractivity (Wildman–Crippen MR) is 118 cm³/mol. The first kappa shape index (κ1) is 23.2. The largest absolute Gasteiger partial charge is 0.497 e. The smallest absolute Gasteiger partial charge is 0.339 e. The van der Waals surface area contributed by atoms with Crippen LogP contribution in [0.2, 0.25) is 0 Å². The summed E-state index contributed by atoms with van der Waals surface area (Å²) in [7, 11) is -0.0409. The number of esters is 1. The molecule has 0 aliphatic carbocycles. The van der Waals surface area contributed by atoms with Gasteiger partial charge in [-0.25, -0.2) is 13.2 Å². The number of nitrogens with zero attached hydrogens (tertiary/aromatic N) is 1. The number of nitrogens with two attached hydrogens (primary N) is 1. The highest BCUT2D eigenvalue weighted by molar-refractivity contribution is 7.91. The molecule has 0 unspecified atom stereocenters. The van der Waals surface area contributed by atoms with Crippen molar-refractivity contribution in [2.75, 3.05) is 27.1 Å². The van der Waals surface area contributed by atoms with E-state index in [4.69, 9.17) is 19.9 Å². The van der Waals surface area contributed by atoms with E-state index in [1.54, 1.807) is 18.5 Å². The topological polar surface area (TPSA) is 118 Å². The number of hydrogen-bond acceptors (Lipinski definition) is 8. The summed E-state index contributed by atoms with van der Waals surface area (Å²) in [5.74, 6) is -0.289. The zero-order valence-electron chi connectivity index (χ0n) is 18.0. The molecule has 2 N–H and O–H groups in total. The lowest BCUT2D eigenvalue weighted by Crippen LogP contribution is -2.18. The summed E-state index contributed by atoms with van der Waals surface area (Å²) in [6.07, 6.45) is 3.67. The molecule has 0 bridgehead atoms. The van der Waals surface area contributed by atoms with E-state index >= 15 is 0 Å². The summed E-state index contributed by atoms with van der Waals surface area (Å²) in [4.78, 5) is 16.5. The van der Waals surface area contributed by atoms with Gasteiger partial charge in [0.25, 0.3) is 0 Å². The molecule has 0 fully saturated rings. The first-order chi connectivity index (χ1) is 15.3. The van der Waals surface area contributed by atoms with E-state index in [-0.39, 0.29) is 33.2 Å². The normalized spacial score (nSPS) is 11.2. The average molecular weight is 457 g/mol. The highest BCUT2D eigenvalue weighted by atomic mass is 32.2. The molecule has 2 aromatic carbocycles. The van der Waals surface area contributed by atoms with E-state index in [0.717, 1.165) is 5.56 Å². The van der Waals surface area contributed by atoms with Crippen LogP contribution in [0.1, 0.15) is 27.0 Å². The number of anilines is 1. The van der Waals surface area contributed by atoms with Crippen LogP contribution in [0.4, 0.5) is 5.69 Å². The van der Waals surface area contributed by atoms with Gasteiger partial charge >= 0.3 is 5.97 Å². The van der Waals surface area contributed by atoms with Crippen molar-refractivity contribution >= 4 is 21.5 Å². The van der Waals surface area contributed by atoms with Gasteiger partial charge in [0.2, 0.25) is 9.84 Å². The Kier molecular flexibility index (Phi) is 7.12. The van der Waals surface area contributed by atoms with Crippen molar-refractivity contribution in [3.8, 4) is 5.75 Å². The molecule has 0 aliphatic heterocycles. The van der Waals surface area contributed by atoms with Gasteiger partial charge in [-0.3, -0.25) is 4.98 Å². The molecule has 3 aromatic rings. The molecule has 8 nitrogen and oxygen atoms in total. The van der Waals surface area contributed by atoms with Crippen molar-refractivity contribution < 1.29 is 27.4 Å². The SMILES string of the molecule is COCc1c(N)c(Cc2cccnc2)cc(C(=O)OC)c1S(=O)(=O)c1ccc(OC)cc1. The monoisotopic (exact) mass is 456 g/mol. The van der Waals surface area contributed by atoms with Gasteiger partial charge in [0.15, 0.2) is 0 Å². The summed E-state index contributed by atoms with van der Waals surface area (Å²) in [6.45, 7) is -0.110. The third kappa shape index (κ3) is 4.58. The second-order valence-electron chi connectivity index (χ2n) is 6.95. The van der Waals surface area contributed by atoms with Gasteiger partial charge in [-0.2, -0.15) is 0 Å². The van der Waals surface area contributed by atoms with E-state index in [1.807, 2.05) is 6.07 Å². The lowest BCUT2D eigenvalue weighted by atomic mass is 9.98. The van der Waals surface area contributed by atoms with Crippen LogP contribution < -0.4 is 10.5 Å². The van der Waals surface area contributed by atoms with Crippen molar-refractivity contribution in [1.82, 2.24) is 4.98 Å². The number of aromatic nitrogens is 1. The molecular weight excluding hydrogens is 432 g/mol. The van der Waals surface area contributed by atoms with Gasteiger partial charge in [-0.1, -0.05) is 6.07 Å². The summed E-state index contributed by atoms with van der Waals surface area (Å²) >= 11 is 0. The summed E-state index contributed by atoms with van der Waals surface area (Å²) < 4.78 is 42.5. The Balaban J connectivity index is 2.27. The minimum absolute atomic E-state index is 0.0137. The molecule has 1 aromatic heterocycles. The van der Waals surface area contributed by atoms with Crippen molar-refractivity contribution in [1.29, 1.82) is 0 Å². The maximum absolute atomic E-state index is 13.6. The molecule has 9 heteroatoms. The van der Waals surface area contributed by atoms with Gasteiger partial charge in [0, 0.05) is 37.2 Å². The Morgan fingerprint density at radius 3 is 2.38 bits per heavy atom. The number of carbonyl (C=O) groups is 1. The molecule has 32 heavy (non-hydrogen) atoms. The minimum Gasteiger partial charge on any atom is -0.497 e. The quantitative estimate of drug-likeness (QED) is 0.406. The molecule has 0 spiro atoms. The zero-order valence-corrected chi connectivity index (χ0v) is 18.8. The molecular formula is C23H24N2O6S. The number of benzene rings is 2. The molecule has 0 radical (unpaired) electrons. The Morgan fingerprint density at radius 1 is 1.09 bits per heavy atom. The van der Waals surface area contributed by atoms with Crippen molar-refractivity contribution in [3.63, 3.8) is 0 Å². The Labute approximate surface area is 186 Å². The summed E-state index contributed by atoms with van der Waals surface area (Å²) in [5.41, 5.74) is 8.15. The molecule has 0 saturated carbocycles. The summed E-state index contributed by atoms with van der Waals surface area (Å²) in [6, 6.07) is 11.0. The first-order valence-corrected chi connectivity index (χ1v) is 11.1. The van der Waals surface area contributed by atoms with E-state index < -0.39 is 15.8 Å². The number of methoxy groups -OCH3 is 3. The average Bonchev–Trinajstić information content (AvgIpc) is 2.81. The van der Waals surface area contributed by atoms with Gasteiger partial charge in [-0.05, 0) is 47.5 Å². The molecule has 168 valence electrons. The van der Waals surface area contributed by atoms with Crippen molar-refractivity contribution in [2.24, 2.45) is 0 Å². The molecule has 0 atom stereocenters. The highest BCUT2D eigenvalue weighted by Gasteiger charge is 2.31. The number of sulfone groups is 1. The van der Waals surface area contributed by atoms with Crippen LogP contribution in [0.3, 0.4) is 0 Å².